The van der Waals surface area contributed by atoms with Crippen LogP contribution in [0.2, 0.25) is 0 Å². The molecule has 1 aromatic carbocycles. The highest BCUT2D eigenvalue weighted by molar-refractivity contribution is 5.74. The van der Waals surface area contributed by atoms with E-state index >= 15 is 0 Å². The van der Waals surface area contributed by atoms with Gasteiger partial charge in [0.15, 0.2) is 6.10 Å². The molecule has 3 atom stereocenters. The topological polar surface area (TPSA) is 66.8 Å². The van der Waals surface area contributed by atoms with Crippen molar-refractivity contribution >= 4 is 5.97 Å². The summed E-state index contributed by atoms with van der Waals surface area (Å²) in [6.45, 7) is 7.12. The second-order valence-electron chi connectivity index (χ2n) is 4.64. The van der Waals surface area contributed by atoms with Crippen LogP contribution in [0.15, 0.2) is 18.2 Å². The zero-order valence-corrected chi connectivity index (χ0v) is 11.2. The molecule has 0 aliphatic rings. The Balaban J connectivity index is 2.97. The van der Waals surface area contributed by atoms with Crippen LogP contribution in [0.25, 0.3) is 0 Å². The number of hydrogen-bond donors (Lipinski definition) is 2. The lowest BCUT2D eigenvalue weighted by Crippen LogP contribution is -2.28. The van der Waals surface area contributed by atoms with Crippen molar-refractivity contribution in [2.75, 3.05) is 0 Å². The van der Waals surface area contributed by atoms with Gasteiger partial charge in [0.25, 0.3) is 0 Å². The van der Waals surface area contributed by atoms with Gasteiger partial charge in [-0.2, -0.15) is 0 Å². The first-order valence-corrected chi connectivity index (χ1v) is 5.96. The van der Waals surface area contributed by atoms with Gasteiger partial charge in [-0.1, -0.05) is 18.2 Å². The zero-order chi connectivity index (χ0) is 13.9. The van der Waals surface area contributed by atoms with Gasteiger partial charge in [0.05, 0.1) is 12.2 Å². The van der Waals surface area contributed by atoms with E-state index in [0.717, 1.165) is 11.1 Å². The summed E-state index contributed by atoms with van der Waals surface area (Å²) >= 11 is 0. The minimum absolute atomic E-state index is 0.535. The first-order valence-electron chi connectivity index (χ1n) is 5.96. The van der Waals surface area contributed by atoms with Gasteiger partial charge in [0, 0.05) is 0 Å². The Morgan fingerprint density at radius 2 is 1.83 bits per heavy atom. The molecule has 0 aromatic heterocycles. The molecular weight excluding hydrogens is 232 g/mol. The number of ether oxygens (including phenoxy) is 1. The number of carboxylic acids is 1. The van der Waals surface area contributed by atoms with Crippen molar-refractivity contribution in [1.82, 2.24) is 0 Å². The van der Waals surface area contributed by atoms with E-state index in [9.17, 15) is 15.0 Å². The minimum Gasteiger partial charge on any atom is -0.479 e. The predicted octanol–water partition coefficient (Wildman–Crippen LogP) is 2.22. The maximum absolute atomic E-state index is 11.2. The van der Waals surface area contributed by atoms with Gasteiger partial charge >= 0.3 is 5.97 Å². The van der Waals surface area contributed by atoms with E-state index in [1.54, 1.807) is 19.9 Å². The fraction of sp³-hybridized carbons (Fsp3) is 0.500. The number of carboxylic acid groups (broad SMARTS) is 1. The molecule has 4 nitrogen and oxygen atoms in total. The molecule has 0 amide bonds. The van der Waals surface area contributed by atoms with Crippen molar-refractivity contribution in [1.29, 1.82) is 0 Å². The number of hydrogen-bond acceptors (Lipinski definition) is 3. The molecule has 0 bridgehead atoms. The van der Waals surface area contributed by atoms with Gasteiger partial charge in [-0.15, -0.1) is 0 Å². The maximum atomic E-state index is 11.2. The summed E-state index contributed by atoms with van der Waals surface area (Å²) < 4.78 is 5.40. The van der Waals surface area contributed by atoms with Crippen LogP contribution in [0.4, 0.5) is 0 Å². The van der Waals surface area contributed by atoms with Crippen LogP contribution in [-0.4, -0.2) is 28.4 Å². The maximum Gasteiger partial charge on any atom is 0.337 e. The molecule has 0 heterocycles. The van der Waals surface area contributed by atoms with Crippen molar-refractivity contribution < 1.29 is 19.7 Å². The largest absolute Gasteiger partial charge is 0.479 e. The van der Waals surface area contributed by atoms with Crippen LogP contribution in [0.5, 0.6) is 0 Å². The molecular formula is C14H20O4. The molecule has 0 aliphatic carbocycles. The SMILES string of the molecule is Cc1ccc(C(OC(C)C(C)O)C(=O)O)cc1C. The number of aliphatic hydroxyl groups excluding tert-OH is 1. The Labute approximate surface area is 107 Å². The molecule has 1 aromatic rings. The highest BCUT2D eigenvalue weighted by Crippen LogP contribution is 2.23. The highest BCUT2D eigenvalue weighted by atomic mass is 16.5. The minimum atomic E-state index is -1.05. The zero-order valence-electron chi connectivity index (χ0n) is 11.2. The lowest BCUT2D eigenvalue weighted by atomic mass is 10.0. The molecule has 100 valence electrons. The quantitative estimate of drug-likeness (QED) is 0.843. The third-order valence-corrected chi connectivity index (χ3v) is 3.09. The lowest BCUT2D eigenvalue weighted by molar-refractivity contribution is -0.158. The van der Waals surface area contributed by atoms with Crippen LogP contribution < -0.4 is 0 Å². The van der Waals surface area contributed by atoms with Crippen LogP contribution in [0.1, 0.15) is 36.6 Å². The predicted molar refractivity (Wildman–Crippen MR) is 68.5 cm³/mol. The van der Waals surface area contributed by atoms with Crippen LogP contribution in [-0.2, 0) is 9.53 Å². The third-order valence-electron chi connectivity index (χ3n) is 3.09. The Bertz CT molecular complexity index is 426. The van der Waals surface area contributed by atoms with E-state index in [2.05, 4.69) is 0 Å². The monoisotopic (exact) mass is 252 g/mol. The lowest BCUT2D eigenvalue weighted by Gasteiger charge is -2.22. The summed E-state index contributed by atoms with van der Waals surface area (Å²) in [7, 11) is 0. The number of aryl methyl sites for hydroxylation is 2. The van der Waals surface area contributed by atoms with Crippen molar-refractivity contribution in [3.8, 4) is 0 Å². The fourth-order valence-corrected chi connectivity index (χ4v) is 1.54. The van der Waals surface area contributed by atoms with Crippen molar-refractivity contribution in [3.63, 3.8) is 0 Å². The van der Waals surface area contributed by atoms with Crippen molar-refractivity contribution in [2.45, 2.75) is 46.0 Å². The summed E-state index contributed by atoms with van der Waals surface area (Å²) in [5.41, 5.74) is 2.72. The number of benzene rings is 1. The summed E-state index contributed by atoms with van der Waals surface area (Å²) in [4.78, 5) is 11.2. The van der Waals surface area contributed by atoms with Crippen molar-refractivity contribution in [2.24, 2.45) is 0 Å². The average molecular weight is 252 g/mol. The average Bonchev–Trinajstić information content (AvgIpc) is 2.29. The molecule has 3 unspecified atom stereocenters. The van der Waals surface area contributed by atoms with Crippen LogP contribution >= 0.6 is 0 Å². The van der Waals surface area contributed by atoms with E-state index in [1.807, 2.05) is 26.0 Å². The molecule has 18 heavy (non-hydrogen) atoms. The summed E-state index contributed by atoms with van der Waals surface area (Å²) in [6.07, 6.45) is -2.29. The molecule has 1 rings (SSSR count). The smallest absolute Gasteiger partial charge is 0.337 e. The molecule has 0 saturated heterocycles. The first kappa shape index (κ1) is 14.7. The van der Waals surface area contributed by atoms with Gasteiger partial charge in [0.1, 0.15) is 0 Å². The summed E-state index contributed by atoms with van der Waals surface area (Å²) in [5.74, 6) is -1.05. The molecule has 4 heteroatoms. The Morgan fingerprint density at radius 3 is 2.28 bits per heavy atom. The van der Waals surface area contributed by atoms with Gasteiger partial charge in [-0.3, -0.25) is 0 Å². The number of aliphatic hydroxyl groups is 1. The Hall–Kier alpha value is -1.39. The van der Waals surface area contributed by atoms with Crippen LogP contribution in [0.3, 0.4) is 0 Å². The highest BCUT2D eigenvalue weighted by Gasteiger charge is 2.25. The van der Waals surface area contributed by atoms with E-state index in [-0.39, 0.29) is 0 Å². The second kappa shape index (κ2) is 5.98. The second-order valence-corrected chi connectivity index (χ2v) is 4.64. The molecule has 0 spiro atoms. The number of aliphatic carboxylic acids is 1. The van der Waals surface area contributed by atoms with Gasteiger partial charge < -0.3 is 14.9 Å². The van der Waals surface area contributed by atoms with E-state index in [0.29, 0.717) is 5.56 Å². The van der Waals surface area contributed by atoms with E-state index < -0.39 is 24.3 Å². The molecule has 2 N–H and O–H groups in total. The fourth-order valence-electron chi connectivity index (χ4n) is 1.54. The van der Waals surface area contributed by atoms with Gasteiger partial charge in [0.2, 0.25) is 0 Å². The summed E-state index contributed by atoms with van der Waals surface area (Å²) in [6, 6.07) is 5.43. The van der Waals surface area contributed by atoms with Gasteiger partial charge in [-0.05, 0) is 44.4 Å². The van der Waals surface area contributed by atoms with E-state index in [1.165, 1.54) is 0 Å². The molecule has 0 fully saturated rings. The standard InChI is InChI=1S/C14H20O4/c1-8-5-6-12(7-9(8)2)13(14(16)17)18-11(4)10(3)15/h5-7,10-11,13,15H,1-4H3,(H,16,17). The van der Waals surface area contributed by atoms with Gasteiger partial charge in [-0.25, -0.2) is 4.79 Å². The van der Waals surface area contributed by atoms with Crippen LogP contribution in [0, 0.1) is 13.8 Å². The first-order chi connectivity index (χ1) is 8.32. The summed E-state index contributed by atoms with van der Waals surface area (Å²) in [5, 5.41) is 18.6. The Kier molecular flexibility index (Phi) is 4.87. The normalized spacial score (nSPS) is 16.1. The van der Waals surface area contributed by atoms with E-state index in [4.69, 9.17) is 4.74 Å². The van der Waals surface area contributed by atoms with Crippen molar-refractivity contribution in [3.05, 3.63) is 34.9 Å². The number of carbonyl (C=O) groups is 1. The third kappa shape index (κ3) is 3.55. The molecule has 0 aliphatic heterocycles. The Morgan fingerprint density at radius 1 is 1.22 bits per heavy atom. The number of rotatable bonds is 5. The molecule has 0 radical (unpaired) electrons. The molecule has 0 saturated carbocycles.